The second-order valence-corrected chi connectivity index (χ2v) is 5.22. The number of methoxy groups -OCH3 is 1. The molecule has 0 aliphatic rings. The Bertz CT molecular complexity index is 727. The summed E-state index contributed by atoms with van der Waals surface area (Å²) < 4.78 is 10.2. The second-order valence-electron chi connectivity index (χ2n) is 5.22. The summed E-state index contributed by atoms with van der Waals surface area (Å²) in [5.74, 6) is 0.141. The van der Waals surface area contributed by atoms with Crippen LogP contribution in [0.15, 0.2) is 54.7 Å². The summed E-state index contributed by atoms with van der Waals surface area (Å²) in [5.41, 5.74) is 1.27. The molecule has 2 aromatic rings. The fourth-order valence-electron chi connectivity index (χ4n) is 1.99. The number of ether oxygens (including phenoxy) is 2. The van der Waals surface area contributed by atoms with Gasteiger partial charge in [-0.25, -0.2) is 4.79 Å². The summed E-state index contributed by atoms with van der Waals surface area (Å²) in [4.78, 5) is 28.8. The van der Waals surface area contributed by atoms with Gasteiger partial charge >= 0.3 is 5.97 Å². The van der Waals surface area contributed by atoms with E-state index in [9.17, 15) is 9.59 Å². The summed E-state index contributed by atoms with van der Waals surface area (Å²) in [6, 6.07) is 12.5. The maximum Gasteiger partial charge on any atom is 0.330 e. The molecule has 0 aliphatic heterocycles. The fourth-order valence-corrected chi connectivity index (χ4v) is 1.99. The minimum atomic E-state index is -0.402. The van der Waals surface area contributed by atoms with Crippen LogP contribution in [0.1, 0.15) is 16.1 Å². The summed E-state index contributed by atoms with van der Waals surface area (Å²) in [5, 5.41) is 0. The molecule has 25 heavy (non-hydrogen) atoms. The van der Waals surface area contributed by atoms with Gasteiger partial charge in [0.25, 0.3) is 5.91 Å². The maximum absolute atomic E-state index is 12.1. The minimum Gasteiger partial charge on any atom is -0.492 e. The minimum absolute atomic E-state index is 0.146. The van der Waals surface area contributed by atoms with E-state index in [-0.39, 0.29) is 5.91 Å². The molecule has 0 aliphatic carbocycles. The van der Waals surface area contributed by atoms with Crippen LogP contribution in [0.25, 0.3) is 6.08 Å². The average molecular weight is 340 g/mol. The lowest BCUT2D eigenvalue weighted by Crippen LogP contribution is -2.31. The molecule has 0 spiro atoms. The van der Waals surface area contributed by atoms with Gasteiger partial charge in [0, 0.05) is 19.3 Å². The third-order valence-electron chi connectivity index (χ3n) is 3.42. The molecule has 6 nitrogen and oxygen atoms in total. The molecule has 2 rings (SSSR count). The Morgan fingerprint density at radius 1 is 1.16 bits per heavy atom. The van der Waals surface area contributed by atoms with E-state index >= 15 is 0 Å². The molecule has 0 atom stereocenters. The van der Waals surface area contributed by atoms with Gasteiger partial charge in [-0.05, 0) is 35.9 Å². The van der Waals surface area contributed by atoms with Crippen molar-refractivity contribution in [2.45, 2.75) is 0 Å². The molecule has 0 saturated heterocycles. The Hall–Kier alpha value is -3.15. The van der Waals surface area contributed by atoms with Crippen molar-refractivity contribution in [3.63, 3.8) is 0 Å². The van der Waals surface area contributed by atoms with Crippen molar-refractivity contribution in [3.8, 4) is 5.75 Å². The van der Waals surface area contributed by atoms with Gasteiger partial charge in [-0.1, -0.05) is 18.2 Å². The van der Waals surface area contributed by atoms with Crippen LogP contribution in [0.2, 0.25) is 0 Å². The molecule has 0 saturated carbocycles. The van der Waals surface area contributed by atoms with Crippen LogP contribution in [0.3, 0.4) is 0 Å². The SMILES string of the molecule is COC(=O)/C=C/c1ccc(OCCN(C)C(=O)c2ccccn2)cc1. The summed E-state index contributed by atoms with van der Waals surface area (Å²) >= 11 is 0. The first-order valence-corrected chi connectivity index (χ1v) is 7.75. The van der Waals surface area contributed by atoms with Crippen LogP contribution in [0.5, 0.6) is 5.75 Å². The van der Waals surface area contributed by atoms with Crippen molar-refractivity contribution in [1.29, 1.82) is 0 Å². The molecular formula is C19H20N2O4. The van der Waals surface area contributed by atoms with E-state index in [1.165, 1.54) is 13.2 Å². The molecule has 6 heteroatoms. The van der Waals surface area contributed by atoms with E-state index in [1.54, 1.807) is 54.6 Å². The van der Waals surface area contributed by atoms with Gasteiger partial charge in [0.1, 0.15) is 18.1 Å². The quantitative estimate of drug-likeness (QED) is 0.572. The molecule has 130 valence electrons. The number of amides is 1. The average Bonchev–Trinajstić information content (AvgIpc) is 2.67. The van der Waals surface area contributed by atoms with Gasteiger partial charge in [0.05, 0.1) is 13.7 Å². The number of carbonyl (C=O) groups is 2. The van der Waals surface area contributed by atoms with Crippen molar-refractivity contribution in [2.24, 2.45) is 0 Å². The monoisotopic (exact) mass is 340 g/mol. The van der Waals surface area contributed by atoms with E-state index in [4.69, 9.17) is 4.74 Å². The van der Waals surface area contributed by atoms with Crippen molar-refractivity contribution >= 4 is 18.0 Å². The predicted octanol–water partition coefficient (Wildman–Crippen LogP) is 2.42. The number of esters is 1. The number of pyridine rings is 1. The first kappa shape index (κ1) is 18.2. The molecule has 1 aromatic heterocycles. The number of hydrogen-bond acceptors (Lipinski definition) is 5. The lowest BCUT2D eigenvalue weighted by Gasteiger charge is -2.17. The number of hydrogen-bond donors (Lipinski definition) is 0. The van der Waals surface area contributed by atoms with E-state index in [1.807, 2.05) is 12.1 Å². The standard InChI is InChI=1S/C19H20N2O4/c1-21(19(23)17-5-3-4-12-20-17)13-14-25-16-9-6-15(7-10-16)8-11-18(22)24-2/h3-12H,13-14H2,1-2H3/b11-8+. The smallest absolute Gasteiger partial charge is 0.330 e. The number of likely N-dealkylation sites (N-methyl/N-ethyl adjacent to an activating group) is 1. The third-order valence-corrected chi connectivity index (χ3v) is 3.42. The lowest BCUT2D eigenvalue weighted by molar-refractivity contribution is -0.134. The molecule has 1 heterocycles. The number of aromatic nitrogens is 1. The van der Waals surface area contributed by atoms with Crippen molar-refractivity contribution < 1.29 is 19.1 Å². The zero-order valence-electron chi connectivity index (χ0n) is 14.2. The third kappa shape index (κ3) is 5.76. The molecule has 0 fully saturated rings. The molecule has 0 N–H and O–H groups in total. The van der Waals surface area contributed by atoms with Gasteiger partial charge in [0.15, 0.2) is 0 Å². The highest BCUT2D eigenvalue weighted by Crippen LogP contribution is 2.13. The van der Waals surface area contributed by atoms with Crippen LogP contribution in [0.4, 0.5) is 0 Å². The molecular weight excluding hydrogens is 320 g/mol. The fraction of sp³-hybridized carbons (Fsp3) is 0.211. The number of rotatable bonds is 7. The van der Waals surface area contributed by atoms with Crippen LogP contribution >= 0.6 is 0 Å². The zero-order valence-corrected chi connectivity index (χ0v) is 14.2. The number of benzene rings is 1. The highest BCUT2D eigenvalue weighted by molar-refractivity contribution is 5.92. The summed E-state index contributed by atoms with van der Waals surface area (Å²) in [6.45, 7) is 0.811. The number of carbonyl (C=O) groups excluding carboxylic acids is 2. The number of nitrogens with zero attached hydrogens (tertiary/aromatic N) is 2. The highest BCUT2D eigenvalue weighted by Gasteiger charge is 2.12. The first-order valence-electron chi connectivity index (χ1n) is 7.75. The zero-order chi connectivity index (χ0) is 18.1. The molecule has 1 aromatic carbocycles. The normalized spacial score (nSPS) is 10.5. The van der Waals surface area contributed by atoms with E-state index in [0.29, 0.717) is 24.6 Å². The summed E-state index contributed by atoms with van der Waals surface area (Å²) in [7, 11) is 3.04. The molecule has 1 amide bonds. The Balaban J connectivity index is 1.80. The first-order chi connectivity index (χ1) is 12.1. The molecule has 0 bridgehead atoms. The van der Waals surface area contributed by atoms with Gasteiger partial charge in [-0.3, -0.25) is 9.78 Å². The van der Waals surface area contributed by atoms with E-state index < -0.39 is 5.97 Å². The van der Waals surface area contributed by atoms with Gasteiger partial charge in [-0.15, -0.1) is 0 Å². The van der Waals surface area contributed by atoms with Crippen LogP contribution in [0, 0.1) is 0 Å². The topological polar surface area (TPSA) is 68.7 Å². The van der Waals surface area contributed by atoms with E-state index in [0.717, 1.165) is 5.56 Å². The maximum atomic E-state index is 12.1. The largest absolute Gasteiger partial charge is 0.492 e. The van der Waals surface area contributed by atoms with Crippen LogP contribution in [-0.4, -0.2) is 49.1 Å². The Morgan fingerprint density at radius 2 is 1.92 bits per heavy atom. The van der Waals surface area contributed by atoms with Crippen molar-refractivity contribution in [2.75, 3.05) is 27.3 Å². The Kier molecular flexibility index (Phi) is 6.71. The molecule has 0 radical (unpaired) electrons. The van der Waals surface area contributed by atoms with Crippen molar-refractivity contribution in [1.82, 2.24) is 9.88 Å². The van der Waals surface area contributed by atoms with Crippen LogP contribution < -0.4 is 4.74 Å². The van der Waals surface area contributed by atoms with Gasteiger partial charge < -0.3 is 14.4 Å². The van der Waals surface area contributed by atoms with Gasteiger partial charge in [-0.2, -0.15) is 0 Å². The van der Waals surface area contributed by atoms with Crippen molar-refractivity contribution in [3.05, 3.63) is 66.0 Å². The summed E-state index contributed by atoms with van der Waals surface area (Å²) in [6.07, 6.45) is 4.61. The lowest BCUT2D eigenvalue weighted by atomic mass is 10.2. The molecule has 0 unspecified atom stereocenters. The predicted molar refractivity (Wildman–Crippen MR) is 94.2 cm³/mol. The Morgan fingerprint density at radius 3 is 2.56 bits per heavy atom. The van der Waals surface area contributed by atoms with Gasteiger partial charge in [0.2, 0.25) is 0 Å². The Labute approximate surface area is 146 Å². The van der Waals surface area contributed by atoms with Crippen LogP contribution in [-0.2, 0) is 9.53 Å². The highest BCUT2D eigenvalue weighted by atomic mass is 16.5. The van der Waals surface area contributed by atoms with E-state index in [2.05, 4.69) is 9.72 Å². The second kappa shape index (κ2) is 9.22.